The predicted octanol–water partition coefficient (Wildman–Crippen LogP) is 1.62. The Hall–Kier alpha value is -0.840. The normalized spacial score (nSPS) is 19.1. The largest absolute Gasteiger partial charge is 0.387 e. The summed E-state index contributed by atoms with van der Waals surface area (Å²) in [6.07, 6.45) is -0.378. The summed E-state index contributed by atoms with van der Waals surface area (Å²) in [5, 5.41) is 13.8. The van der Waals surface area contributed by atoms with Crippen LogP contribution in [0.15, 0.2) is 6.07 Å². The molecule has 1 atom stereocenters. The van der Waals surface area contributed by atoms with Crippen LogP contribution in [0.25, 0.3) is 0 Å². The highest BCUT2D eigenvalue weighted by Crippen LogP contribution is 2.25. The first-order chi connectivity index (χ1) is 9.00. The fraction of sp³-hybridized carbons (Fsp3) is 0.733. The lowest BCUT2D eigenvalue weighted by molar-refractivity contribution is 0.105. The molecule has 2 rings (SSSR count). The summed E-state index contributed by atoms with van der Waals surface area (Å²) in [7, 11) is 0. The molecular weight excluding hydrogens is 238 g/mol. The van der Waals surface area contributed by atoms with E-state index in [9.17, 15) is 5.11 Å². The van der Waals surface area contributed by atoms with Gasteiger partial charge in [-0.3, -0.25) is 4.90 Å². The summed E-state index contributed by atoms with van der Waals surface area (Å²) in [4.78, 5) is 2.34. The lowest BCUT2D eigenvalue weighted by Gasteiger charge is -2.29. The quantitative estimate of drug-likeness (QED) is 0.869. The maximum absolute atomic E-state index is 10.5. The second-order valence-electron chi connectivity index (χ2n) is 5.86. The van der Waals surface area contributed by atoms with Crippen molar-refractivity contribution < 1.29 is 5.11 Å². The molecule has 1 saturated heterocycles. The minimum absolute atomic E-state index is 0.378. The van der Waals surface area contributed by atoms with Gasteiger partial charge in [-0.2, -0.15) is 0 Å². The summed E-state index contributed by atoms with van der Waals surface area (Å²) < 4.78 is 2.30. The summed E-state index contributed by atoms with van der Waals surface area (Å²) in [6, 6.07) is 2.59. The number of nitrogens with one attached hydrogen (secondary N) is 1. The average Bonchev–Trinajstić information content (AvgIpc) is 2.66. The molecule has 1 fully saturated rings. The molecule has 0 radical (unpaired) electrons. The Kier molecular flexibility index (Phi) is 4.66. The van der Waals surface area contributed by atoms with Crippen molar-refractivity contribution in [1.82, 2.24) is 14.8 Å². The highest BCUT2D eigenvalue weighted by Gasteiger charge is 2.20. The van der Waals surface area contributed by atoms with Gasteiger partial charge in [0.1, 0.15) is 0 Å². The smallest absolute Gasteiger partial charge is 0.0934 e. The number of hydrogen-bond acceptors (Lipinski definition) is 3. The van der Waals surface area contributed by atoms with Crippen LogP contribution in [0, 0.1) is 13.8 Å². The molecule has 4 heteroatoms. The third kappa shape index (κ3) is 3.19. The number of rotatable bonds is 4. The Morgan fingerprint density at radius 2 is 1.89 bits per heavy atom. The minimum Gasteiger partial charge on any atom is -0.387 e. The van der Waals surface area contributed by atoms with Gasteiger partial charge in [0.05, 0.1) is 6.10 Å². The molecule has 2 heterocycles. The first kappa shape index (κ1) is 14.6. The van der Waals surface area contributed by atoms with Crippen LogP contribution in [-0.4, -0.2) is 47.3 Å². The monoisotopic (exact) mass is 265 g/mol. The molecule has 1 unspecified atom stereocenters. The summed E-state index contributed by atoms with van der Waals surface area (Å²) in [6.45, 7) is 13.5. The van der Waals surface area contributed by atoms with Crippen molar-refractivity contribution in [2.75, 3.05) is 32.7 Å². The maximum atomic E-state index is 10.5. The lowest BCUT2D eigenvalue weighted by Crippen LogP contribution is -2.45. The molecule has 1 aliphatic rings. The lowest BCUT2D eigenvalue weighted by atomic mass is 10.1. The molecule has 1 aromatic heterocycles. The van der Waals surface area contributed by atoms with Crippen molar-refractivity contribution >= 4 is 0 Å². The van der Waals surface area contributed by atoms with Crippen molar-refractivity contribution in [3.63, 3.8) is 0 Å². The van der Waals surface area contributed by atoms with Gasteiger partial charge in [-0.1, -0.05) is 0 Å². The number of β-amino-alcohol motifs (C(OH)–C–C–N with tert-alkyl or cyclic N) is 1. The Balaban J connectivity index is 2.10. The third-order valence-corrected chi connectivity index (χ3v) is 4.04. The zero-order valence-corrected chi connectivity index (χ0v) is 12.6. The molecule has 4 nitrogen and oxygen atoms in total. The second-order valence-corrected chi connectivity index (χ2v) is 5.86. The van der Waals surface area contributed by atoms with Crippen molar-refractivity contribution in [2.45, 2.75) is 39.8 Å². The van der Waals surface area contributed by atoms with Crippen LogP contribution in [-0.2, 0) is 0 Å². The van der Waals surface area contributed by atoms with Crippen LogP contribution < -0.4 is 5.32 Å². The van der Waals surface area contributed by atoms with E-state index < -0.39 is 0 Å². The van der Waals surface area contributed by atoms with E-state index in [-0.39, 0.29) is 6.10 Å². The van der Waals surface area contributed by atoms with Gasteiger partial charge in [0.25, 0.3) is 0 Å². The molecule has 108 valence electrons. The van der Waals surface area contributed by atoms with Gasteiger partial charge in [0.15, 0.2) is 0 Å². The fourth-order valence-electron chi connectivity index (χ4n) is 3.17. The van der Waals surface area contributed by atoms with Gasteiger partial charge in [0.2, 0.25) is 0 Å². The van der Waals surface area contributed by atoms with Gasteiger partial charge in [-0.15, -0.1) is 0 Å². The summed E-state index contributed by atoms with van der Waals surface area (Å²) in [5.74, 6) is 0. The average molecular weight is 265 g/mol. The fourth-order valence-corrected chi connectivity index (χ4v) is 3.17. The number of aliphatic hydroxyl groups is 1. The Morgan fingerprint density at radius 1 is 1.26 bits per heavy atom. The maximum Gasteiger partial charge on any atom is 0.0934 e. The van der Waals surface area contributed by atoms with Gasteiger partial charge >= 0.3 is 0 Å². The van der Waals surface area contributed by atoms with Gasteiger partial charge in [-0.25, -0.2) is 0 Å². The van der Waals surface area contributed by atoms with Gasteiger partial charge in [0, 0.05) is 55.7 Å². The van der Waals surface area contributed by atoms with Gasteiger partial charge in [-0.05, 0) is 33.8 Å². The van der Waals surface area contributed by atoms with E-state index in [1.54, 1.807) is 0 Å². The standard InChI is InChI=1S/C15H27N3O/c1-11(2)18-12(3)9-14(13(18)4)15(19)10-17-7-5-16-6-8-17/h9,11,15-16,19H,5-8,10H2,1-4H3. The van der Waals surface area contributed by atoms with Gasteiger partial charge < -0.3 is 15.0 Å². The van der Waals surface area contributed by atoms with E-state index in [2.05, 4.69) is 48.5 Å². The molecule has 0 aromatic carbocycles. The van der Waals surface area contributed by atoms with Crippen molar-refractivity contribution in [3.05, 3.63) is 23.0 Å². The number of aryl methyl sites for hydroxylation is 1. The molecule has 0 bridgehead atoms. The Morgan fingerprint density at radius 3 is 2.42 bits per heavy atom. The van der Waals surface area contributed by atoms with E-state index >= 15 is 0 Å². The van der Waals surface area contributed by atoms with E-state index in [1.165, 1.54) is 11.4 Å². The molecule has 1 aromatic rings. The summed E-state index contributed by atoms with van der Waals surface area (Å²) >= 11 is 0. The van der Waals surface area contributed by atoms with E-state index in [4.69, 9.17) is 0 Å². The number of aliphatic hydroxyl groups excluding tert-OH is 1. The molecular formula is C15H27N3O. The van der Waals surface area contributed by atoms with Crippen molar-refractivity contribution in [2.24, 2.45) is 0 Å². The molecule has 0 aliphatic carbocycles. The SMILES string of the molecule is Cc1cc(C(O)CN2CCNCC2)c(C)n1C(C)C. The first-order valence-corrected chi connectivity index (χ1v) is 7.30. The second kappa shape index (κ2) is 6.07. The number of nitrogens with zero attached hydrogens (tertiary/aromatic N) is 2. The molecule has 2 N–H and O–H groups in total. The minimum atomic E-state index is -0.378. The van der Waals surface area contributed by atoms with Crippen molar-refractivity contribution in [1.29, 1.82) is 0 Å². The molecule has 0 spiro atoms. The van der Waals surface area contributed by atoms with E-state index in [1.807, 2.05) is 0 Å². The topological polar surface area (TPSA) is 40.4 Å². The number of piperazine rings is 1. The predicted molar refractivity (Wildman–Crippen MR) is 78.6 cm³/mol. The van der Waals surface area contributed by atoms with Crippen LogP contribution in [0.1, 0.15) is 42.9 Å². The highest BCUT2D eigenvalue weighted by atomic mass is 16.3. The molecule has 0 saturated carbocycles. The molecule has 19 heavy (non-hydrogen) atoms. The summed E-state index contributed by atoms with van der Waals surface area (Å²) in [5.41, 5.74) is 3.53. The third-order valence-electron chi connectivity index (χ3n) is 4.04. The van der Waals surface area contributed by atoms with Crippen molar-refractivity contribution in [3.8, 4) is 0 Å². The van der Waals surface area contributed by atoms with Crippen LogP contribution in [0.5, 0.6) is 0 Å². The zero-order valence-electron chi connectivity index (χ0n) is 12.6. The highest BCUT2D eigenvalue weighted by molar-refractivity contribution is 5.29. The number of hydrogen-bond donors (Lipinski definition) is 2. The molecule has 1 aliphatic heterocycles. The van der Waals surface area contributed by atoms with E-state index in [0.717, 1.165) is 38.3 Å². The van der Waals surface area contributed by atoms with Crippen LogP contribution in [0.3, 0.4) is 0 Å². The first-order valence-electron chi connectivity index (χ1n) is 7.30. The molecule has 0 amide bonds. The van der Waals surface area contributed by atoms with E-state index in [0.29, 0.717) is 6.04 Å². The Bertz CT molecular complexity index is 419. The van der Waals surface area contributed by atoms with Crippen LogP contribution in [0.2, 0.25) is 0 Å². The zero-order chi connectivity index (χ0) is 14.0. The number of aromatic nitrogens is 1. The Labute approximate surface area is 116 Å². The van der Waals surface area contributed by atoms with Crippen LogP contribution in [0.4, 0.5) is 0 Å². The van der Waals surface area contributed by atoms with Crippen LogP contribution >= 0.6 is 0 Å².